The molecule has 2 aromatic carbocycles. The molecule has 5 nitrogen and oxygen atoms in total. The van der Waals surface area contributed by atoms with Crippen LogP contribution in [0.25, 0.3) is 0 Å². The monoisotopic (exact) mass is 352 g/mol. The molecule has 0 unspecified atom stereocenters. The van der Waals surface area contributed by atoms with Crippen molar-refractivity contribution in [3.63, 3.8) is 0 Å². The van der Waals surface area contributed by atoms with Gasteiger partial charge in [-0.3, -0.25) is 14.5 Å². The lowest BCUT2D eigenvalue weighted by atomic mass is 10.0. The lowest BCUT2D eigenvalue weighted by Gasteiger charge is -2.38. The smallest absolute Gasteiger partial charge is 0.271 e. The Bertz CT molecular complexity index is 887. The summed E-state index contributed by atoms with van der Waals surface area (Å²) in [5.74, 6) is 0.140. The second-order valence-electron chi connectivity index (χ2n) is 7.34. The molecule has 0 aromatic heterocycles. The molecule has 2 aromatic rings. The molecule has 1 aliphatic rings. The molecule has 26 heavy (non-hydrogen) atoms. The SMILES string of the molecule is Cc1ccc(NC(=O)CN2C(=O)C(C)(C)Oc3ccc(C)cc32)c(C)c1. The first kappa shape index (κ1) is 18.0. The zero-order valence-electron chi connectivity index (χ0n) is 15.8. The minimum Gasteiger partial charge on any atom is -0.476 e. The number of aryl methyl sites for hydroxylation is 3. The summed E-state index contributed by atoms with van der Waals surface area (Å²) in [6.07, 6.45) is 0. The molecular weight excluding hydrogens is 328 g/mol. The van der Waals surface area contributed by atoms with Crippen molar-refractivity contribution in [2.45, 2.75) is 40.2 Å². The molecule has 5 heteroatoms. The molecule has 0 atom stereocenters. The van der Waals surface area contributed by atoms with Crippen LogP contribution in [0.1, 0.15) is 30.5 Å². The molecule has 3 rings (SSSR count). The van der Waals surface area contributed by atoms with E-state index in [0.717, 1.165) is 22.4 Å². The number of fused-ring (bicyclic) bond motifs is 1. The molecule has 1 heterocycles. The number of hydrogen-bond donors (Lipinski definition) is 1. The van der Waals surface area contributed by atoms with E-state index in [2.05, 4.69) is 5.32 Å². The Morgan fingerprint density at radius 1 is 1.08 bits per heavy atom. The number of hydrogen-bond acceptors (Lipinski definition) is 3. The molecule has 0 fully saturated rings. The highest BCUT2D eigenvalue weighted by Crippen LogP contribution is 2.38. The summed E-state index contributed by atoms with van der Waals surface area (Å²) in [5, 5.41) is 2.90. The van der Waals surface area contributed by atoms with Gasteiger partial charge >= 0.3 is 0 Å². The molecule has 1 N–H and O–H groups in total. The van der Waals surface area contributed by atoms with Crippen LogP contribution in [0.3, 0.4) is 0 Å². The van der Waals surface area contributed by atoms with E-state index in [1.54, 1.807) is 13.8 Å². The number of carbonyl (C=O) groups excluding carboxylic acids is 2. The maximum Gasteiger partial charge on any atom is 0.271 e. The Labute approximate surface area is 154 Å². The van der Waals surface area contributed by atoms with Crippen LogP contribution in [-0.4, -0.2) is 24.0 Å². The van der Waals surface area contributed by atoms with Gasteiger partial charge < -0.3 is 10.1 Å². The molecule has 0 saturated heterocycles. The number of amides is 2. The molecule has 0 spiro atoms. The Kier molecular flexibility index (Phi) is 4.48. The van der Waals surface area contributed by atoms with Gasteiger partial charge in [0, 0.05) is 5.69 Å². The molecule has 0 aliphatic carbocycles. The van der Waals surface area contributed by atoms with Crippen LogP contribution >= 0.6 is 0 Å². The van der Waals surface area contributed by atoms with Gasteiger partial charge in [-0.05, 0) is 63.9 Å². The van der Waals surface area contributed by atoms with Crippen LogP contribution in [0.5, 0.6) is 5.75 Å². The van der Waals surface area contributed by atoms with E-state index in [1.165, 1.54) is 4.90 Å². The van der Waals surface area contributed by atoms with Crippen molar-refractivity contribution in [1.29, 1.82) is 0 Å². The summed E-state index contributed by atoms with van der Waals surface area (Å²) >= 11 is 0. The number of anilines is 2. The zero-order valence-corrected chi connectivity index (χ0v) is 15.8. The maximum atomic E-state index is 12.8. The van der Waals surface area contributed by atoms with E-state index in [0.29, 0.717) is 11.4 Å². The van der Waals surface area contributed by atoms with Crippen LogP contribution < -0.4 is 15.0 Å². The second-order valence-corrected chi connectivity index (χ2v) is 7.34. The van der Waals surface area contributed by atoms with Gasteiger partial charge in [0.2, 0.25) is 5.91 Å². The number of nitrogens with one attached hydrogen (secondary N) is 1. The van der Waals surface area contributed by atoms with Gasteiger partial charge in [-0.1, -0.05) is 23.8 Å². The highest BCUT2D eigenvalue weighted by molar-refractivity contribution is 6.07. The van der Waals surface area contributed by atoms with Gasteiger partial charge in [-0.15, -0.1) is 0 Å². The number of rotatable bonds is 3. The average molecular weight is 352 g/mol. The topological polar surface area (TPSA) is 58.6 Å². The van der Waals surface area contributed by atoms with E-state index in [-0.39, 0.29) is 18.4 Å². The third-order valence-corrected chi connectivity index (χ3v) is 4.49. The van der Waals surface area contributed by atoms with Crippen molar-refractivity contribution in [2.24, 2.45) is 0 Å². The van der Waals surface area contributed by atoms with Crippen molar-refractivity contribution >= 4 is 23.2 Å². The summed E-state index contributed by atoms with van der Waals surface area (Å²) < 4.78 is 5.83. The lowest BCUT2D eigenvalue weighted by Crippen LogP contribution is -2.54. The highest BCUT2D eigenvalue weighted by Gasteiger charge is 2.41. The molecule has 2 amide bonds. The third kappa shape index (κ3) is 3.43. The fourth-order valence-corrected chi connectivity index (χ4v) is 3.12. The van der Waals surface area contributed by atoms with Crippen molar-refractivity contribution < 1.29 is 14.3 Å². The zero-order chi connectivity index (χ0) is 19.1. The largest absolute Gasteiger partial charge is 0.476 e. The second kappa shape index (κ2) is 6.48. The Balaban J connectivity index is 1.87. The highest BCUT2D eigenvalue weighted by atomic mass is 16.5. The molecule has 136 valence electrons. The maximum absolute atomic E-state index is 12.8. The normalized spacial score (nSPS) is 15.3. The minimum absolute atomic E-state index is 0.0601. The summed E-state index contributed by atoms with van der Waals surface area (Å²) in [4.78, 5) is 27.0. The Morgan fingerprint density at radius 2 is 1.73 bits per heavy atom. The van der Waals surface area contributed by atoms with Gasteiger partial charge in [0.1, 0.15) is 12.3 Å². The molecule has 0 bridgehead atoms. The molecule has 0 radical (unpaired) electrons. The van der Waals surface area contributed by atoms with Gasteiger partial charge in [0.15, 0.2) is 5.60 Å². The predicted molar refractivity (Wildman–Crippen MR) is 103 cm³/mol. The third-order valence-electron chi connectivity index (χ3n) is 4.49. The standard InChI is InChI=1S/C21H24N2O3/c1-13-6-8-16(15(3)10-13)22-19(24)12-23-17-11-14(2)7-9-18(17)26-21(4,5)20(23)25/h6-11H,12H2,1-5H3,(H,22,24). The van der Waals surface area contributed by atoms with Crippen LogP contribution in [0.4, 0.5) is 11.4 Å². The van der Waals surface area contributed by atoms with E-state index < -0.39 is 5.60 Å². The van der Waals surface area contributed by atoms with Crippen LogP contribution in [0.2, 0.25) is 0 Å². The van der Waals surface area contributed by atoms with Crippen LogP contribution in [0, 0.1) is 20.8 Å². The summed E-state index contributed by atoms with van der Waals surface area (Å²) in [6, 6.07) is 11.5. The van der Waals surface area contributed by atoms with Crippen LogP contribution in [-0.2, 0) is 9.59 Å². The summed E-state index contributed by atoms with van der Waals surface area (Å²) in [5.41, 5.74) is 3.50. The molecule has 0 saturated carbocycles. The number of ether oxygens (including phenoxy) is 1. The van der Waals surface area contributed by atoms with E-state index in [1.807, 2.05) is 57.2 Å². The van der Waals surface area contributed by atoms with Gasteiger partial charge in [0.25, 0.3) is 5.91 Å². The minimum atomic E-state index is -1.01. The first-order valence-corrected chi connectivity index (χ1v) is 8.66. The van der Waals surface area contributed by atoms with E-state index in [9.17, 15) is 9.59 Å². The van der Waals surface area contributed by atoms with Crippen molar-refractivity contribution in [1.82, 2.24) is 0 Å². The van der Waals surface area contributed by atoms with Crippen molar-refractivity contribution in [3.05, 3.63) is 53.1 Å². The molecular formula is C21H24N2O3. The van der Waals surface area contributed by atoms with Gasteiger partial charge in [0.05, 0.1) is 5.69 Å². The quantitative estimate of drug-likeness (QED) is 0.915. The van der Waals surface area contributed by atoms with Gasteiger partial charge in [-0.2, -0.15) is 0 Å². The number of nitrogens with zero attached hydrogens (tertiary/aromatic N) is 1. The first-order chi connectivity index (χ1) is 12.2. The van der Waals surface area contributed by atoms with Crippen molar-refractivity contribution in [2.75, 3.05) is 16.8 Å². The Hall–Kier alpha value is -2.82. The van der Waals surface area contributed by atoms with Crippen LogP contribution in [0.15, 0.2) is 36.4 Å². The average Bonchev–Trinajstić information content (AvgIpc) is 2.55. The van der Waals surface area contributed by atoms with Gasteiger partial charge in [-0.25, -0.2) is 0 Å². The molecule has 1 aliphatic heterocycles. The van der Waals surface area contributed by atoms with E-state index >= 15 is 0 Å². The predicted octanol–water partition coefficient (Wildman–Crippen LogP) is 3.75. The number of carbonyl (C=O) groups is 2. The summed E-state index contributed by atoms with van der Waals surface area (Å²) in [6.45, 7) is 9.27. The summed E-state index contributed by atoms with van der Waals surface area (Å²) in [7, 11) is 0. The van der Waals surface area contributed by atoms with Crippen molar-refractivity contribution in [3.8, 4) is 5.75 Å². The fourth-order valence-electron chi connectivity index (χ4n) is 3.12. The van der Waals surface area contributed by atoms with E-state index in [4.69, 9.17) is 4.74 Å². The Morgan fingerprint density at radius 3 is 2.42 bits per heavy atom. The fraction of sp³-hybridized carbons (Fsp3) is 0.333. The number of benzene rings is 2. The lowest BCUT2D eigenvalue weighted by molar-refractivity contribution is -0.133. The first-order valence-electron chi connectivity index (χ1n) is 8.66.